The highest BCUT2D eigenvalue weighted by molar-refractivity contribution is 5.79. The Labute approximate surface area is 123 Å². The molecule has 0 heterocycles. The van der Waals surface area contributed by atoms with E-state index in [1.807, 2.05) is 0 Å². The molecule has 1 unspecified atom stereocenters. The van der Waals surface area contributed by atoms with Crippen molar-refractivity contribution in [3.05, 3.63) is 38.0 Å². The summed E-state index contributed by atoms with van der Waals surface area (Å²) in [4.78, 5) is 27.8. The van der Waals surface area contributed by atoms with Crippen LogP contribution in [0.15, 0.2) is 38.0 Å². The lowest BCUT2D eigenvalue weighted by molar-refractivity contribution is -0.132. The molecule has 0 aromatic heterocycles. The third kappa shape index (κ3) is 98.9. The number of aliphatic hydroxyl groups excluding tert-OH is 2. The van der Waals surface area contributed by atoms with Crippen LogP contribution in [-0.4, -0.2) is 56.2 Å². The van der Waals surface area contributed by atoms with Crippen LogP contribution in [0.25, 0.3) is 0 Å². The van der Waals surface area contributed by atoms with Gasteiger partial charge in [-0.05, 0) is 13.3 Å². The minimum absolute atomic E-state index is 0.0810. The van der Waals surface area contributed by atoms with E-state index >= 15 is 0 Å². The van der Waals surface area contributed by atoms with Crippen molar-refractivity contribution >= 4 is 17.9 Å². The number of hydrogen-bond donors (Lipinski definition) is 5. The molecule has 0 saturated heterocycles. The average molecular weight is 306 g/mol. The first-order valence-corrected chi connectivity index (χ1v) is 5.43. The largest absolute Gasteiger partial charge is 0.478 e. The summed E-state index contributed by atoms with van der Waals surface area (Å²) in [5.74, 6) is -2.94. The second-order valence-corrected chi connectivity index (χ2v) is 2.99. The van der Waals surface area contributed by atoms with Crippen molar-refractivity contribution in [3.63, 3.8) is 0 Å². The third-order valence-corrected chi connectivity index (χ3v) is 1.07. The Bertz CT molecular complexity index is 277. The third-order valence-electron chi connectivity index (χ3n) is 1.07. The zero-order valence-electron chi connectivity index (χ0n) is 11.8. The van der Waals surface area contributed by atoms with Crippen LogP contribution in [-0.2, 0) is 14.4 Å². The zero-order valence-corrected chi connectivity index (χ0v) is 11.8. The molecule has 0 rings (SSSR count). The summed E-state index contributed by atoms with van der Waals surface area (Å²) in [7, 11) is 0. The minimum atomic E-state index is -0.981. The first-order chi connectivity index (χ1) is 9.58. The molecule has 0 bridgehead atoms. The molecule has 0 radical (unpaired) electrons. The van der Waals surface area contributed by atoms with E-state index in [0.717, 1.165) is 18.2 Å². The second-order valence-electron chi connectivity index (χ2n) is 2.99. The summed E-state index contributed by atoms with van der Waals surface area (Å²) in [6, 6.07) is 0. The van der Waals surface area contributed by atoms with Crippen molar-refractivity contribution in [2.24, 2.45) is 0 Å². The molecule has 0 aliphatic heterocycles. The molecule has 122 valence electrons. The predicted octanol–water partition coefficient (Wildman–Crippen LogP) is 0.521. The molecule has 8 heteroatoms. The quantitative estimate of drug-likeness (QED) is 0.461. The maximum atomic E-state index is 9.25. The van der Waals surface area contributed by atoms with E-state index in [9.17, 15) is 14.4 Å². The van der Waals surface area contributed by atoms with Crippen molar-refractivity contribution in [1.82, 2.24) is 0 Å². The van der Waals surface area contributed by atoms with Crippen LogP contribution < -0.4 is 0 Å². The molecule has 1 atom stereocenters. The van der Waals surface area contributed by atoms with Gasteiger partial charge in [-0.15, -0.1) is 0 Å². The van der Waals surface area contributed by atoms with E-state index in [4.69, 9.17) is 25.5 Å². The molecule has 5 N–H and O–H groups in total. The van der Waals surface area contributed by atoms with Gasteiger partial charge >= 0.3 is 17.9 Å². The summed E-state index contributed by atoms with van der Waals surface area (Å²) >= 11 is 0. The molecule has 0 aliphatic carbocycles. The van der Waals surface area contributed by atoms with E-state index in [0.29, 0.717) is 6.42 Å². The average Bonchev–Trinajstić information content (AvgIpc) is 2.40. The first-order valence-electron chi connectivity index (χ1n) is 5.43. The lowest BCUT2D eigenvalue weighted by atomic mass is 10.3. The maximum absolute atomic E-state index is 9.25. The van der Waals surface area contributed by atoms with Gasteiger partial charge in [0.05, 0.1) is 6.10 Å². The molecular weight excluding hydrogens is 284 g/mol. The van der Waals surface area contributed by atoms with Gasteiger partial charge in [0.1, 0.15) is 0 Å². The van der Waals surface area contributed by atoms with Crippen molar-refractivity contribution in [2.45, 2.75) is 19.4 Å². The Morgan fingerprint density at radius 3 is 1.10 bits per heavy atom. The molecule has 0 fully saturated rings. The van der Waals surface area contributed by atoms with Crippen LogP contribution in [0.5, 0.6) is 0 Å². The number of aliphatic carboxylic acids is 3. The van der Waals surface area contributed by atoms with Crippen LogP contribution in [0.2, 0.25) is 0 Å². The summed E-state index contributed by atoms with van der Waals surface area (Å²) in [5, 5.41) is 39.3. The Balaban J connectivity index is -0.0000000921. The molecular formula is C13H22O8. The van der Waals surface area contributed by atoms with Gasteiger partial charge in [0.15, 0.2) is 0 Å². The summed E-state index contributed by atoms with van der Waals surface area (Å²) in [5.41, 5.74) is 0. The second kappa shape index (κ2) is 22.7. The Hall–Kier alpha value is -2.45. The molecule has 0 saturated carbocycles. The Kier molecular flexibility index (Phi) is 29.2. The van der Waals surface area contributed by atoms with E-state index in [2.05, 4.69) is 19.7 Å². The Morgan fingerprint density at radius 1 is 0.905 bits per heavy atom. The van der Waals surface area contributed by atoms with Crippen LogP contribution in [0.3, 0.4) is 0 Å². The summed E-state index contributed by atoms with van der Waals surface area (Å²) in [6.45, 7) is 10.6. The van der Waals surface area contributed by atoms with Gasteiger partial charge < -0.3 is 25.5 Å². The van der Waals surface area contributed by atoms with Gasteiger partial charge in [-0.3, -0.25) is 0 Å². The fraction of sp³-hybridized carbons (Fsp3) is 0.308. The maximum Gasteiger partial charge on any atom is 0.327 e. The van der Waals surface area contributed by atoms with Crippen molar-refractivity contribution in [1.29, 1.82) is 0 Å². The van der Waals surface area contributed by atoms with Gasteiger partial charge in [0.25, 0.3) is 0 Å². The van der Waals surface area contributed by atoms with E-state index < -0.39 is 17.9 Å². The van der Waals surface area contributed by atoms with Gasteiger partial charge in [-0.1, -0.05) is 19.7 Å². The number of carboxylic acid groups (broad SMARTS) is 3. The molecule has 0 aromatic carbocycles. The smallest absolute Gasteiger partial charge is 0.327 e. The predicted molar refractivity (Wildman–Crippen MR) is 76.9 cm³/mol. The first kappa shape index (κ1) is 27.0. The number of carbonyl (C=O) groups is 3. The highest BCUT2D eigenvalue weighted by atomic mass is 16.4. The van der Waals surface area contributed by atoms with E-state index in [-0.39, 0.29) is 12.7 Å². The standard InChI is InChI=1S/C4H10O2.3C3H4O2/c1-4(6)2-3-5;3*1-2-3(4)5/h4-6H,2-3H2,1H3;3*2H,1H2,(H,4,5). The van der Waals surface area contributed by atoms with Gasteiger partial charge in [0.2, 0.25) is 0 Å². The molecule has 0 amide bonds. The van der Waals surface area contributed by atoms with Gasteiger partial charge in [-0.25, -0.2) is 14.4 Å². The SMILES string of the molecule is C=CC(=O)O.C=CC(=O)O.C=CC(=O)O.CC(O)CCO. The normalized spacial score (nSPS) is 8.71. The Morgan fingerprint density at radius 2 is 1.10 bits per heavy atom. The number of carboxylic acids is 3. The van der Waals surface area contributed by atoms with Crippen LogP contribution in [0.1, 0.15) is 13.3 Å². The fourth-order valence-corrected chi connectivity index (χ4v) is 0.187. The van der Waals surface area contributed by atoms with Crippen LogP contribution >= 0.6 is 0 Å². The van der Waals surface area contributed by atoms with Crippen LogP contribution in [0, 0.1) is 0 Å². The van der Waals surface area contributed by atoms with E-state index in [1.165, 1.54) is 0 Å². The highest BCUT2D eigenvalue weighted by Crippen LogP contribution is 1.83. The van der Waals surface area contributed by atoms with Crippen molar-refractivity contribution in [3.8, 4) is 0 Å². The minimum Gasteiger partial charge on any atom is -0.478 e. The lowest BCUT2D eigenvalue weighted by Gasteiger charge is -1.95. The van der Waals surface area contributed by atoms with Crippen molar-refractivity contribution < 1.29 is 39.9 Å². The monoisotopic (exact) mass is 306 g/mol. The van der Waals surface area contributed by atoms with E-state index in [1.54, 1.807) is 6.92 Å². The number of hydrogen-bond acceptors (Lipinski definition) is 5. The fourth-order valence-electron chi connectivity index (χ4n) is 0.187. The highest BCUT2D eigenvalue weighted by Gasteiger charge is 1.88. The number of aliphatic hydroxyl groups is 2. The lowest BCUT2D eigenvalue weighted by Crippen LogP contribution is -2.00. The zero-order chi connectivity index (χ0) is 17.8. The molecule has 21 heavy (non-hydrogen) atoms. The molecule has 8 nitrogen and oxygen atoms in total. The summed E-state index contributed by atoms with van der Waals surface area (Å²) in [6.07, 6.45) is 2.63. The van der Waals surface area contributed by atoms with Gasteiger partial charge in [0, 0.05) is 24.8 Å². The number of rotatable bonds is 5. The summed E-state index contributed by atoms with van der Waals surface area (Å²) < 4.78 is 0. The molecule has 0 aromatic rings. The molecule has 0 aliphatic rings. The topological polar surface area (TPSA) is 152 Å². The van der Waals surface area contributed by atoms with Crippen molar-refractivity contribution in [2.75, 3.05) is 6.61 Å². The molecule has 0 spiro atoms. The van der Waals surface area contributed by atoms with Crippen LogP contribution in [0.4, 0.5) is 0 Å². The van der Waals surface area contributed by atoms with Gasteiger partial charge in [-0.2, -0.15) is 0 Å².